The molecular formula is C31H34N4. The van der Waals surface area contributed by atoms with Crippen molar-refractivity contribution in [3.63, 3.8) is 0 Å². The molecule has 0 radical (unpaired) electrons. The number of likely N-dealkylation sites (tertiary alicyclic amines) is 1. The van der Waals surface area contributed by atoms with E-state index in [0.29, 0.717) is 5.95 Å². The number of nitrogens with one attached hydrogen (secondary N) is 1. The van der Waals surface area contributed by atoms with Gasteiger partial charge < -0.3 is 10.2 Å². The van der Waals surface area contributed by atoms with Crippen LogP contribution in [0.1, 0.15) is 47.9 Å². The van der Waals surface area contributed by atoms with Gasteiger partial charge in [0.15, 0.2) is 0 Å². The minimum atomic E-state index is 0.652. The first kappa shape index (κ1) is 22.2. The van der Waals surface area contributed by atoms with E-state index in [-0.39, 0.29) is 0 Å². The van der Waals surface area contributed by atoms with Crippen molar-refractivity contribution in [2.75, 3.05) is 18.4 Å². The molecule has 1 fully saturated rings. The van der Waals surface area contributed by atoms with Crippen LogP contribution in [0.15, 0.2) is 60.8 Å². The molecule has 4 nitrogen and oxygen atoms in total. The maximum absolute atomic E-state index is 4.87. The number of anilines is 2. The molecule has 0 saturated carbocycles. The average Bonchev–Trinajstić information content (AvgIpc) is 3.33. The van der Waals surface area contributed by atoms with Crippen LogP contribution in [0.25, 0.3) is 22.0 Å². The molecule has 1 unspecified atom stereocenters. The number of hydrogen-bond acceptors (Lipinski definition) is 4. The zero-order chi connectivity index (χ0) is 23.8. The average molecular weight is 463 g/mol. The molecule has 4 heteroatoms. The van der Waals surface area contributed by atoms with E-state index in [4.69, 9.17) is 4.98 Å². The second-order valence-electron chi connectivity index (χ2n) is 10.3. The van der Waals surface area contributed by atoms with E-state index in [1.165, 1.54) is 78.6 Å². The minimum Gasteiger partial charge on any atom is -0.324 e. The molecule has 0 spiro atoms. The van der Waals surface area contributed by atoms with Crippen molar-refractivity contribution in [3.05, 3.63) is 83.0 Å². The Kier molecular flexibility index (Phi) is 5.99. The quantitative estimate of drug-likeness (QED) is 0.332. The highest BCUT2D eigenvalue weighted by molar-refractivity contribution is 5.85. The number of rotatable bonds is 4. The van der Waals surface area contributed by atoms with E-state index in [1.54, 1.807) is 0 Å². The summed E-state index contributed by atoms with van der Waals surface area (Å²) in [6.45, 7) is 6.93. The smallest absolute Gasteiger partial charge is 0.227 e. The molecule has 3 aromatic carbocycles. The Morgan fingerprint density at radius 3 is 2.57 bits per heavy atom. The third-order valence-corrected chi connectivity index (χ3v) is 8.11. The summed E-state index contributed by atoms with van der Waals surface area (Å²) in [6.07, 6.45) is 9.56. The predicted octanol–water partition coefficient (Wildman–Crippen LogP) is 7.00. The van der Waals surface area contributed by atoms with Gasteiger partial charge in [0.2, 0.25) is 5.95 Å². The van der Waals surface area contributed by atoms with Crippen molar-refractivity contribution in [3.8, 4) is 11.1 Å². The lowest BCUT2D eigenvalue weighted by molar-refractivity contribution is 0.222. The van der Waals surface area contributed by atoms with Gasteiger partial charge in [0, 0.05) is 23.3 Å². The Morgan fingerprint density at radius 1 is 0.886 bits per heavy atom. The topological polar surface area (TPSA) is 41.1 Å². The van der Waals surface area contributed by atoms with Crippen molar-refractivity contribution in [1.29, 1.82) is 0 Å². The fraction of sp³-hybridized carbons (Fsp3) is 0.355. The molecule has 1 saturated heterocycles. The number of hydrogen-bond donors (Lipinski definition) is 1. The number of fused-ring (bicyclic) bond motifs is 2. The number of benzene rings is 3. The molecular weight excluding hydrogens is 428 g/mol. The van der Waals surface area contributed by atoms with Crippen molar-refractivity contribution < 1.29 is 0 Å². The molecule has 1 N–H and O–H groups in total. The van der Waals surface area contributed by atoms with Gasteiger partial charge in [-0.05, 0) is 117 Å². The Hall–Kier alpha value is -3.24. The van der Waals surface area contributed by atoms with Crippen LogP contribution in [0, 0.1) is 13.8 Å². The van der Waals surface area contributed by atoms with Crippen LogP contribution in [0.5, 0.6) is 0 Å². The largest absolute Gasteiger partial charge is 0.324 e. The lowest BCUT2D eigenvalue weighted by Gasteiger charge is -2.25. The standard InChI is InChI=1S/C31H34N4/c1-21-6-5-7-29(22(21)2)25-8-9-26-20-32-31(34-30(26)19-25)33-27-13-10-23-11-14-28(15-12-24(23)18-27)35-16-3-4-17-35/h5-10,13,18-20,28H,3-4,11-12,14-17H2,1-2H3,(H,32,33,34). The van der Waals surface area contributed by atoms with Crippen molar-refractivity contribution in [2.45, 2.75) is 58.4 Å². The van der Waals surface area contributed by atoms with Gasteiger partial charge in [-0.1, -0.05) is 36.4 Å². The molecule has 1 aliphatic heterocycles. The molecule has 35 heavy (non-hydrogen) atoms. The van der Waals surface area contributed by atoms with Gasteiger partial charge in [-0.25, -0.2) is 9.97 Å². The van der Waals surface area contributed by atoms with Crippen LogP contribution < -0.4 is 5.32 Å². The molecule has 1 aromatic heterocycles. The lowest BCUT2D eigenvalue weighted by Crippen LogP contribution is -2.32. The van der Waals surface area contributed by atoms with Crippen molar-refractivity contribution in [1.82, 2.24) is 14.9 Å². The second kappa shape index (κ2) is 9.43. The zero-order valence-electron chi connectivity index (χ0n) is 20.8. The summed E-state index contributed by atoms with van der Waals surface area (Å²) in [6, 6.07) is 20.5. The summed E-state index contributed by atoms with van der Waals surface area (Å²) in [5.74, 6) is 0.652. The van der Waals surface area contributed by atoms with Crippen molar-refractivity contribution >= 4 is 22.5 Å². The van der Waals surface area contributed by atoms with Crippen LogP contribution in [-0.4, -0.2) is 34.0 Å². The van der Waals surface area contributed by atoms with Gasteiger partial charge in [-0.15, -0.1) is 0 Å². The Morgan fingerprint density at radius 2 is 1.71 bits per heavy atom. The van der Waals surface area contributed by atoms with E-state index in [2.05, 4.69) is 83.6 Å². The summed E-state index contributed by atoms with van der Waals surface area (Å²) < 4.78 is 0. The zero-order valence-corrected chi connectivity index (χ0v) is 20.8. The van der Waals surface area contributed by atoms with E-state index in [9.17, 15) is 0 Å². The molecule has 178 valence electrons. The van der Waals surface area contributed by atoms with E-state index in [1.807, 2.05) is 6.20 Å². The molecule has 1 aliphatic carbocycles. The summed E-state index contributed by atoms with van der Waals surface area (Å²) >= 11 is 0. The third kappa shape index (κ3) is 4.55. The third-order valence-electron chi connectivity index (χ3n) is 8.11. The normalized spacial score (nSPS) is 18.4. The Bertz CT molecular complexity index is 1370. The molecule has 0 bridgehead atoms. The van der Waals surface area contributed by atoms with Crippen LogP contribution in [-0.2, 0) is 12.8 Å². The molecule has 6 rings (SSSR count). The lowest BCUT2D eigenvalue weighted by atomic mass is 9.96. The summed E-state index contributed by atoms with van der Waals surface area (Å²) in [7, 11) is 0. The van der Waals surface area contributed by atoms with Gasteiger partial charge in [-0.3, -0.25) is 0 Å². The number of nitrogens with zero attached hydrogens (tertiary/aromatic N) is 3. The van der Waals surface area contributed by atoms with Gasteiger partial charge in [0.25, 0.3) is 0 Å². The molecule has 4 aromatic rings. The van der Waals surface area contributed by atoms with E-state index < -0.39 is 0 Å². The maximum Gasteiger partial charge on any atom is 0.227 e. The van der Waals surface area contributed by atoms with Gasteiger partial charge in [-0.2, -0.15) is 0 Å². The number of aryl methyl sites for hydroxylation is 3. The van der Waals surface area contributed by atoms with Gasteiger partial charge in [0.05, 0.1) is 5.52 Å². The maximum atomic E-state index is 4.87. The van der Waals surface area contributed by atoms with Crippen LogP contribution in [0.3, 0.4) is 0 Å². The summed E-state index contributed by atoms with van der Waals surface area (Å²) in [5, 5.41) is 4.54. The Labute approximate surface area is 208 Å². The van der Waals surface area contributed by atoms with Crippen LogP contribution >= 0.6 is 0 Å². The predicted molar refractivity (Wildman–Crippen MR) is 145 cm³/mol. The molecule has 2 aliphatic rings. The highest BCUT2D eigenvalue weighted by atomic mass is 15.2. The van der Waals surface area contributed by atoms with Gasteiger partial charge in [0.1, 0.15) is 0 Å². The summed E-state index contributed by atoms with van der Waals surface area (Å²) in [4.78, 5) is 12.2. The van der Waals surface area contributed by atoms with Crippen LogP contribution in [0.2, 0.25) is 0 Å². The first-order valence-electron chi connectivity index (χ1n) is 13.1. The Balaban J connectivity index is 1.23. The number of aromatic nitrogens is 2. The SMILES string of the molecule is Cc1cccc(-c2ccc3cnc(Nc4ccc5c(c4)CCC(N4CCCC4)CC5)nc3c2)c1C. The first-order chi connectivity index (χ1) is 17.1. The van der Waals surface area contributed by atoms with Crippen molar-refractivity contribution in [2.24, 2.45) is 0 Å². The monoisotopic (exact) mass is 462 g/mol. The minimum absolute atomic E-state index is 0.652. The first-order valence-corrected chi connectivity index (χ1v) is 13.1. The molecule has 0 amide bonds. The summed E-state index contributed by atoms with van der Waals surface area (Å²) in [5.41, 5.74) is 10.1. The second-order valence-corrected chi connectivity index (χ2v) is 10.3. The molecule has 1 atom stereocenters. The van der Waals surface area contributed by atoms with E-state index in [0.717, 1.165) is 29.1 Å². The van der Waals surface area contributed by atoms with E-state index >= 15 is 0 Å². The highest BCUT2D eigenvalue weighted by Crippen LogP contribution is 2.30. The fourth-order valence-electron chi connectivity index (χ4n) is 5.88. The highest BCUT2D eigenvalue weighted by Gasteiger charge is 2.24. The fourth-order valence-corrected chi connectivity index (χ4v) is 5.88. The molecule has 2 heterocycles. The van der Waals surface area contributed by atoms with Crippen LogP contribution in [0.4, 0.5) is 11.6 Å². The van der Waals surface area contributed by atoms with Gasteiger partial charge >= 0.3 is 0 Å².